The molecule has 2 heterocycles. The molecule has 9 nitrogen and oxygen atoms in total. The highest BCUT2D eigenvalue weighted by molar-refractivity contribution is 7.89. The van der Waals surface area contributed by atoms with E-state index in [4.69, 9.17) is 9.47 Å². The zero-order valence-corrected chi connectivity index (χ0v) is 19.6. The van der Waals surface area contributed by atoms with Crippen LogP contribution >= 0.6 is 0 Å². The fourth-order valence-electron chi connectivity index (χ4n) is 3.87. The van der Waals surface area contributed by atoms with Gasteiger partial charge in [-0.2, -0.15) is 9.40 Å². The lowest BCUT2D eigenvalue weighted by Crippen LogP contribution is -2.40. The number of morpholine rings is 1. The number of amides is 1. The summed E-state index contributed by atoms with van der Waals surface area (Å²) in [5.74, 6) is -0.157. The van der Waals surface area contributed by atoms with Gasteiger partial charge in [-0.1, -0.05) is 18.2 Å². The quantitative estimate of drug-likeness (QED) is 0.594. The molecule has 10 heteroatoms. The number of anilines is 1. The molecule has 0 unspecified atom stereocenters. The minimum Gasteiger partial charge on any atom is -0.495 e. The number of carbonyl (C=O) groups is 1. The van der Waals surface area contributed by atoms with Gasteiger partial charge < -0.3 is 14.8 Å². The molecular formula is C23H26N4O5S. The minimum atomic E-state index is -3.82. The van der Waals surface area contributed by atoms with Crippen LogP contribution in [0, 0.1) is 13.8 Å². The lowest BCUT2D eigenvalue weighted by atomic mass is 10.1. The fraction of sp³-hybridized carbons (Fsp3) is 0.304. The molecule has 0 saturated carbocycles. The number of carbonyl (C=O) groups excluding carboxylic acids is 1. The number of nitrogens with zero attached hydrogens (tertiary/aromatic N) is 3. The Hall–Kier alpha value is -3.21. The number of aryl methyl sites for hydroxylation is 1. The van der Waals surface area contributed by atoms with E-state index in [1.807, 2.05) is 37.3 Å². The Kier molecular flexibility index (Phi) is 6.50. The summed E-state index contributed by atoms with van der Waals surface area (Å²) in [4.78, 5) is 13.1. The summed E-state index contributed by atoms with van der Waals surface area (Å²) >= 11 is 0. The van der Waals surface area contributed by atoms with E-state index in [1.54, 1.807) is 17.7 Å². The zero-order valence-electron chi connectivity index (χ0n) is 18.7. The first-order valence-corrected chi connectivity index (χ1v) is 12.0. The second kappa shape index (κ2) is 9.34. The van der Waals surface area contributed by atoms with Crippen LogP contribution in [0.2, 0.25) is 0 Å². The van der Waals surface area contributed by atoms with Gasteiger partial charge in [-0.25, -0.2) is 13.1 Å². The van der Waals surface area contributed by atoms with Crippen molar-refractivity contribution < 1.29 is 22.7 Å². The number of nitrogens with one attached hydrogen (secondary N) is 1. The van der Waals surface area contributed by atoms with Gasteiger partial charge in [0.25, 0.3) is 5.91 Å². The number of aromatic nitrogens is 2. The lowest BCUT2D eigenvalue weighted by molar-refractivity contribution is 0.0729. The molecule has 0 bridgehead atoms. The number of hydrogen-bond acceptors (Lipinski definition) is 6. The topological polar surface area (TPSA) is 103 Å². The van der Waals surface area contributed by atoms with Gasteiger partial charge in [0, 0.05) is 18.8 Å². The van der Waals surface area contributed by atoms with Gasteiger partial charge in [-0.05, 0) is 44.2 Å². The average Bonchev–Trinajstić information content (AvgIpc) is 3.14. The van der Waals surface area contributed by atoms with Gasteiger partial charge in [0.15, 0.2) is 0 Å². The van der Waals surface area contributed by atoms with Crippen LogP contribution in [0.3, 0.4) is 0 Å². The Morgan fingerprint density at radius 2 is 1.79 bits per heavy atom. The van der Waals surface area contributed by atoms with Crippen LogP contribution in [-0.4, -0.2) is 61.8 Å². The molecule has 0 radical (unpaired) electrons. The van der Waals surface area contributed by atoms with Gasteiger partial charge in [0.1, 0.15) is 10.6 Å². The molecule has 174 valence electrons. The highest BCUT2D eigenvalue weighted by Gasteiger charge is 2.30. The van der Waals surface area contributed by atoms with Crippen LogP contribution in [0.4, 0.5) is 5.69 Å². The lowest BCUT2D eigenvalue weighted by Gasteiger charge is -2.26. The van der Waals surface area contributed by atoms with Gasteiger partial charge in [0.05, 0.1) is 43.0 Å². The predicted molar refractivity (Wildman–Crippen MR) is 124 cm³/mol. The molecule has 1 aliphatic heterocycles. The molecule has 1 amide bonds. The van der Waals surface area contributed by atoms with E-state index in [9.17, 15) is 13.2 Å². The van der Waals surface area contributed by atoms with Crippen molar-refractivity contribution in [2.75, 3.05) is 38.7 Å². The largest absolute Gasteiger partial charge is 0.495 e. The standard InChI is InChI=1S/C23H26N4O5S/c1-16-22(17(2)27(25-16)19-7-5-4-6-8-19)23(28)24-18-9-10-20(31-3)21(15-18)33(29,30)26-11-13-32-14-12-26/h4-10,15H,11-14H2,1-3H3,(H,24,28). The molecule has 1 aromatic heterocycles. The van der Waals surface area contributed by atoms with Crippen LogP contribution in [-0.2, 0) is 14.8 Å². The highest BCUT2D eigenvalue weighted by atomic mass is 32.2. The SMILES string of the molecule is COc1ccc(NC(=O)c2c(C)nn(-c3ccccc3)c2C)cc1S(=O)(=O)N1CCOCC1. The van der Waals surface area contributed by atoms with Crippen LogP contribution in [0.15, 0.2) is 53.4 Å². The fourth-order valence-corrected chi connectivity index (χ4v) is 5.46. The molecule has 1 fully saturated rings. The van der Waals surface area contributed by atoms with Crippen molar-refractivity contribution in [1.82, 2.24) is 14.1 Å². The molecule has 0 aliphatic carbocycles. The van der Waals surface area contributed by atoms with E-state index in [-0.39, 0.29) is 29.6 Å². The number of methoxy groups -OCH3 is 1. The Labute approximate surface area is 193 Å². The van der Waals surface area contributed by atoms with Crippen molar-refractivity contribution in [3.63, 3.8) is 0 Å². The summed E-state index contributed by atoms with van der Waals surface area (Å²) in [5.41, 5.74) is 2.89. The number of ether oxygens (including phenoxy) is 2. The average molecular weight is 471 g/mol. The van der Waals surface area contributed by atoms with E-state index >= 15 is 0 Å². The van der Waals surface area contributed by atoms with E-state index in [2.05, 4.69) is 10.4 Å². The second-order valence-corrected chi connectivity index (χ2v) is 9.54. The highest BCUT2D eigenvalue weighted by Crippen LogP contribution is 2.30. The molecule has 4 rings (SSSR count). The van der Waals surface area contributed by atoms with Crippen molar-refractivity contribution in [1.29, 1.82) is 0 Å². The number of sulfonamides is 1. The zero-order chi connectivity index (χ0) is 23.6. The van der Waals surface area contributed by atoms with Gasteiger partial charge in [-0.15, -0.1) is 0 Å². The molecular weight excluding hydrogens is 444 g/mol. The number of para-hydroxylation sites is 1. The van der Waals surface area contributed by atoms with Crippen molar-refractivity contribution in [2.24, 2.45) is 0 Å². The number of benzene rings is 2. The first-order valence-electron chi connectivity index (χ1n) is 10.5. The molecule has 1 N–H and O–H groups in total. The Morgan fingerprint density at radius 1 is 1.09 bits per heavy atom. The number of rotatable bonds is 6. The van der Waals surface area contributed by atoms with Crippen LogP contribution in [0.1, 0.15) is 21.7 Å². The minimum absolute atomic E-state index is 0.00174. The summed E-state index contributed by atoms with van der Waals surface area (Å²) in [5, 5.41) is 7.33. The van der Waals surface area contributed by atoms with E-state index < -0.39 is 10.0 Å². The van der Waals surface area contributed by atoms with Crippen LogP contribution in [0.5, 0.6) is 5.75 Å². The molecule has 0 atom stereocenters. The number of hydrogen-bond donors (Lipinski definition) is 1. The maximum atomic E-state index is 13.2. The van der Waals surface area contributed by atoms with Crippen molar-refractivity contribution >= 4 is 21.6 Å². The molecule has 1 aliphatic rings. The van der Waals surface area contributed by atoms with Gasteiger partial charge in [0.2, 0.25) is 10.0 Å². The Morgan fingerprint density at radius 3 is 2.45 bits per heavy atom. The second-order valence-electron chi connectivity index (χ2n) is 7.63. The van der Waals surface area contributed by atoms with E-state index in [0.29, 0.717) is 35.9 Å². The van der Waals surface area contributed by atoms with Gasteiger partial charge >= 0.3 is 0 Å². The third kappa shape index (κ3) is 4.50. The van der Waals surface area contributed by atoms with Crippen LogP contribution < -0.4 is 10.1 Å². The summed E-state index contributed by atoms with van der Waals surface area (Å²) in [7, 11) is -2.40. The summed E-state index contributed by atoms with van der Waals surface area (Å²) < 4.78 is 40.1. The summed E-state index contributed by atoms with van der Waals surface area (Å²) in [6.45, 7) is 4.79. The molecule has 33 heavy (non-hydrogen) atoms. The maximum Gasteiger partial charge on any atom is 0.259 e. The van der Waals surface area contributed by atoms with Crippen molar-refractivity contribution in [3.8, 4) is 11.4 Å². The normalized spacial score (nSPS) is 14.8. The third-order valence-corrected chi connectivity index (χ3v) is 7.45. The van der Waals surface area contributed by atoms with Crippen LogP contribution in [0.25, 0.3) is 5.69 Å². The summed E-state index contributed by atoms with van der Waals surface area (Å²) in [6.07, 6.45) is 0. The maximum absolute atomic E-state index is 13.2. The first kappa shape index (κ1) is 23.0. The molecule has 3 aromatic rings. The third-order valence-electron chi connectivity index (χ3n) is 5.53. The molecule has 1 saturated heterocycles. The van der Waals surface area contributed by atoms with E-state index in [1.165, 1.54) is 23.5 Å². The first-order chi connectivity index (χ1) is 15.8. The molecule has 2 aromatic carbocycles. The summed E-state index contributed by atoms with van der Waals surface area (Å²) in [6, 6.07) is 14.1. The van der Waals surface area contributed by atoms with Crippen molar-refractivity contribution in [3.05, 3.63) is 65.5 Å². The van der Waals surface area contributed by atoms with Gasteiger partial charge in [-0.3, -0.25) is 4.79 Å². The Balaban J connectivity index is 1.65. The molecule has 0 spiro atoms. The Bertz CT molecular complexity index is 1270. The smallest absolute Gasteiger partial charge is 0.259 e. The van der Waals surface area contributed by atoms with E-state index in [0.717, 1.165) is 5.69 Å². The monoisotopic (exact) mass is 470 g/mol. The predicted octanol–water partition coefficient (Wildman–Crippen LogP) is 2.77. The van der Waals surface area contributed by atoms with Crippen molar-refractivity contribution in [2.45, 2.75) is 18.7 Å².